The summed E-state index contributed by atoms with van der Waals surface area (Å²) in [5, 5.41) is 3.37. The molecule has 2 aliphatic heterocycles. The van der Waals surface area contributed by atoms with E-state index < -0.39 is 35.6 Å². The second kappa shape index (κ2) is 6.59. The van der Waals surface area contributed by atoms with Crippen LogP contribution in [0.2, 0.25) is 5.02 Å². The highest BCUT2D eigenvalue weighted by Crippen LogP contribution is 2.36. The molecule has 6 nitrogen and oxygen atoms in total. The van der Waals surface area contributed by atoms with E-state index in [2.05, 4.69) is 10.1 Å². The monoisotopic (exact) mass is 409 g/mol. The summed E-state index contributed by atoms with van der Waals surface area (Å²) >= 11 is 5.95. The minimum atomic E-state index is -4.61. The molecule has 0 saturated carbocycles. The first kappa shape index (κ1) is 18.4. The van der Waals surface area contributed by atoms with E-state index in [9.17, 15) is 22.8 Å². The molecule has 1 saturated heterocycles. The van der Waals surface area contributed by atoms with Crippen LogP contribution in [-0.2, 0) is 27.1 Å². The summed E-state index contributed by atoms with van der Waals surface area (Å²) in [6.45, 7) is 0.0519. The van der Waals surface area contributed by atoms with Gasteiger partial charge in [-0.05, 0) is 11.6 Å². The fourth-order valence-electron chi connectivity index (χ4n) is 3.13. The molecule has 0 N–H and O–H groups in total. The molecular formula is C18H11ClF3N3O3. The van der Waals surface area contributed by atoms with Crippen molar-refractivity contribution in [2.75, 3.05) is 0 Å². The number of rotatable bonds is 3. The van der Waals surface area contributed by atoms with E-state index in [1.54, 1.807) is 30.3 Å². The molecule has 28 heavy (non-hydrogen) atoms. The van der Waals surface area contributed by atoms with Gasteiger partial charge >= 0.3 is 6.18 Å². The largest absolute Gasteiger partial charge is 0.417 e. The van der Waals surface area contributed by atoms with Crippen molar-refractivity contribution in [3.63, 3.8) is 0 Å². The number of carbonyl (C=O) groups is 2. The lowest BCUT2D eigenvalue weighted by atomic mass is 9.96. The van der Waals surface area contributed by atoms with E-state index in [0.717, 1.165) is 10.5 Å². The molecule has 144 valence electrons. The number of imide groups is 1. The number of alkyl halides is 3. The quantitative estimate of drug-likeness (QED) is 0.730. The van der Waals surface area contributed by atoms with Crippen LogP contribution in [0.4, 0.5) is 13.2 Å². The maximum absolute atomic E-state index is 12.8. The van der Waals surface area contributed by atoms with E-state index in [-0.39, 0.29) is 23.0 Å². The minimum absolute atomic E-state index is 0.0519. The molecule has 10 heteroatoms. The standard InChI is InChI=1S/C18H11ClF3N3O3/c19-11-6-10(18(20,21)22)7-23-13(11)14-12-15(28-24-14)17(27)25(16(12)26)8-9-4-2-1-3-5-9/h1-7,12,15H,8H2/t12-,15+/m1/s1. The number of nitrogens with zero attached hydrogens (tertiary/aromatic N) is 3. The van der Waals surface area contributed by atoms with Crippen molar-refractivity contribution >= 4 is 29.1 Å². The molecule has 1 aromatic carbocycles. The minimum Gasteiger partial charge on any atom is -0.381 e. The number of benzene rings is 1. The van der Waals surface area contributed by atoms with Crippen molar-refractivity contribution in [2.24, 2.45) is 11.1 Å². The van der Waals surface area contributed by atoms with Gasteiger partial charge in [-0.1, -0.05) is 47.1 Å². The number of fused-ring (bicyclic) bond motifs is 1. The molecule has 2 aliphatic rings. The molecule has 0 spiro atoms. The Hall–Kier alpha value is -2.94. The zero-order valence-corrected chi connectivity index (χ0v) is 14.7. The number of hydrogen-bond donors (Lipinski definition) is 0. The van der Waals surface area contributed by atoms with Crippen molar-refractivity contribution in [1.29, 1.82) is 0 Å². The van der Waals surface area contributed by atoms with Crippen molar-refractivity contribution in [3.05, 3.63) is 64.4 Å². The molecule has 2 atom stereocenters. The SMILES string of the molecule is O=C1[C@@H]2C(c3ncc(C(F)(F)F)cc3Cl)=NO[C@@H]2C(=O)N1Cc1ccccc1. The lowest BCUT2D eigenvalue weighted by Gasteiger charge is -2.15. The van der Waals surface area contributed by atoms with Gasteiger partial charge in [-0.3, -0.25) is 19.5 Å². The second-order valence-corrected chi connectivity index (χ2v) is 6.69. The van der Waals surface area contributed by atoms with Crippen LogP contribution in [0.25, 0.3) is 0 Å². The van der Waals surface area contributed by atoms with Crippen LogP contribution < -0.4 is 0 Å². The molecule has 0 bridgehead atoms. The predicted octanol–water partition coefficient (Wildman–Crippen LogP) is 3.04. The molecule has 2 amide bonds. The summed E-state index contributed by atoms with van der Waals surface area (Å²) in [5.41, 5.74) is -0.465. The molecule has 3 heterocycles. The van der Waals surface area contributed by atoms with Gasteiger partial charge in [0.05, 0.1) is 17.1 Å². The van der Waals surface area contributed by atoms with Crippen molar-refractivity contribution in [2.45, 2.75) is 18.8 Å². The number of hydrogen-bond acceptors (Lipinski definition) is 5. The third-order valence-corrected chi connectivity index (χ3v) is 4.79. The maximum Gasteiger partial charge on any atom is 0.417 e. The first-order valence-corrected chi connectivity index (χ1v) is 8.51. The fraction of sp³-hybridized carbons (Fsp3) is 0.222. The average Bonchev–Trinajstić information content (AvgIpc) is 3.18. The van der Waals surface area contributed by atoms with Crippen LogP contribution in [0.5, 0.6) is 0 Å². The lowest BCUT2D eigenvalue weighted by molar-refractivity contribution is -0.143. The third-order valence-electron chi connectivity index (χ3n) is 4.50. The summed E-state index contributed by atoms with van der Waals surface area (Å²) in [5.74, 6) is -2.23. The first-order valence-electron chi connectivity index (χ1n) is 8.13. The van der Waals surface area contributed by atoms with Gasteiger partial charge in [0.1, 0.15) is 17.3 Å². The molecular weight excluding hydrogens is 399 g/mol. The highest BCUT2D eigenvalue weighted by molar-refractivity contribution is 6.35. The highest BCUT2D eigenvalue weighted by atomic mass is 35.5. The van der Waals surface area contributed by atoms with Crippen molar-refractivity contribution in [3.8, 4) is 0 Å². The van der Waals surface area contributed by atoms with E-state index in [1.807, 2.05) is 0 Å². The van der Waals surface area contributed by atoms with Crippen molar-refractivity contribution in [1.82, 2.24) is 9.88 Å². The van der Waals surface area contributed by atoms with E-state index in [1.165, 1.54) is 0 Å². The lowest BCUT2D eigenvalue weighted by Crippen LogP contribution is -2.32. The fourth-order valence-corrected chi connectivity index (χ4v) is 3.40. The van der Waals surface area contributed by atoms with Gasteiger partial charge in [0.2, 0.25) is 12.0 Å². The third kappa shape index (κ3) is 3.01. The zero-order chi connectivity index (χ0) is 20.1. The van der Waals surface area contributed by atoms with E-state index in [0.29, 0.717) is 12.3 Å². The predicted molar refractivity (Wildman–Crippen MR) is 91.1 cm³/mol. The Bertz CT molecular complexity index is 995. The van der Waals surface area contributed by atoms with Gasteiger partial charge in [-0.25, -0.2) is 0 Å². The van der Waals surface area contributed by atoms with Crippen molar-refractivity contribution < 1.29 is 27.6 Å². The summed E-state index contributed by atoms with van der Waals surface area (Å²) in [7, 11) is 0. The number of carbonyl (C=O) groups excluding carboxylic acids is 2. The summed E-state index contributed by atoms with van der Waals surface area (Å²) in [4.78, 5) is 35.2. The number of aromatic nitrogens is 1. The van der Waals surface area contributed by atoms with E-state index >= 15 is 0 Å². The normalized spacial score (nSPS) is 21.6. The number of likely N-dealkylation sites (tertiary alicyclic amines) is 1. The van der Waals surface area contributed by atoms with Gasteiger partial charge in [0, 0.05) is 6.20 Å². The van der Waals surface area contributed by atoms with Gasteiger partial charge in [-0.2, -0.15) is 13.2 Å². The molecule has 2 aromatic rings. The van der Waals surface area contributed by atoms with Crippen LogP contribution >= 0.6 is 11.6 Å². The number of oxime groups is 1. The molecule has 4 rings (SSSR count). The van der Waals surface area contributed by atoms with E-state index in [4.69, 9.17) is 16.4 Å². The maximum atomic E-state index is 12.8. The van der Waals surface area contributed by atoms with Crippen LogP contribution in [0.3, 0.4) is 0 Å². The van der Waals surface area contributed by atoms with Gasteiger partial charge < -0.3 is 4.84 Å². The van der Waals surface area contributed by atoms with Gasteiger partial charge in [0.15, 0.2) is 0 Å². The molecule has 0 aliphatic carbocycles. The summed E-state index contributed by atoms with van der Waals surface area (Å²) in [6, 6.07) is 9.57. The molecule has 1 aromatic heterocycles. The molecule has 1 fully saturated rings. The average molecular weight is 410 g/mol. The van der Waals surface area contributed by atoms with Crippen LogP contribution in [-0.4, -0.2) is 33.5 Å². The number of pyridine rings is 1. The van der Waals surface area contributed by atoms with Crippen LogP contribution in [0, 0.1) is 5.92 Å². The number of amides is 2. The molecule has 0 unspecified atom stereocenters. The van der Waals surface area contributed by atoms with Crippen LogP contribution in [0.1, 0.15) is 16.8 Å². The highest BCUT2D eigenvalue weighted by Gasteiger charge is 2.56. The second-order valence-electron chi connectivity index (χ2n) is 6.28. The van der Waals surface area contributed by atoms with Gasteiger partial charge in [-0.15, -0.1) is 0 Å². The Kier molecular flexibility index (Phi) is 4.34. The molecule has 0 radical (unpaired) electrons. The Morgan fingerprint density at radius 2 is 1.86 bits per heavy atom. The smallest absolute Gasteiger partial charge is 0.381 e. The first-order chi connectivity index (χ1) is 13.3. The zero-order valence-electron chi connectivity index (χ0n) is 14.0. The van der Waals surface area contributed by atoms with Crippen LogP contribution in [0.15, 0.2) is 47.8 Å². The summed E-state index contributed by atoms with van der Waals surface area (Å²) < 4.78 is 38.4. The topological polar surface area (TPSA) is 71.9 Å². The Balaban J connectivity index is 1.63. The van der Waals surface area contributed by atoms with Gasteiger partial charge in [0.25, 0.3) is 5.91 Å². The Morgan fingerprint density at radius 1 is 1.14 bits per heavy atom. The Morgan fingerprint density at radius 3 is 2.50 bits per heavy atom. The summed E-state index contributed by atoms with van der Waals surface area (Å²) in [6.07, 6.45) is -5.19. The Labute approximate surface area is 161 Å². The number of halogens is 4.